The molecule has 0 aliphatic rings. The Morgan fingerprint density at radius 1 is 1.00 bits per heavy atom. The Balaban J connectivity index is 0.00000364. The molecule has 0 radical (unpaired) electrons. The molecule has 0 amide bonds. The molecule has 27 heavy (non-hydrogen) atoms. The second-order valence-corrected chi connectivity index (χ2v) is 7.70. The summed E-state index contributed by atoms with van der Waals surface area (Å²) >= 11 is 0. The zero-order valence-electron chi connectivity index (χ0n) is 16.0. The van der Waals surface area contributed by atoms with Crippen LogP contribution in [0.5, 0.6) is 17.2 Å². The molecule has 0 unspecified atom stereocenters. The molecule has 0 spiro atoms. The molecule has 0 aromatic heterocycles. The molecule has 0 bridgehead atoms. The third kappa shape index (κ3) is 7.84. The molecule has 2 rings (SSSR count). The number of para-hydroxylation sites is 1. The zero-order valence-corrected chi connectivity index (χ0v) is 18.8. The minimum Gasteiger partial charge on any atom is -0.871 e. The van der Waals surface area contributed by atoms with Crippen LogP contribution in [0.15, 0.2) is 47.4 Å². The SMILES string of the molecule is CCCCCCCCc1ccccc1Oc1ccc(S(=O)(=O)O)c([O-])c1.[Na+]. The van der Waals surface area contributed by atoms with Gasteiger partial charge >= 0.3 is 29.6 Å². The smallest absolute Gasteiger partial charge is 0.871 e. The fourth-order valence-electron chi connectivity index (χ4n) is 2.80. The number of hydrogen-bond acceptors (Lipinski definition) is 4. The first-order valence-corrected chi connectivity index (χ1v) is 10.4. The van der Waals surface area contributed by atoms with Gasteiger partial charge in [-0.05, 0) is 42.7 Å². The van der Waals surface area contributed by atoms with Crippen LogP contribution in [-0.2, 0) is 16.5 Å². The van der Waals surface area contributed by atoms with Gasteiger partial charge in [0, 0.05) is 0 Å². The fourth-order valence-corrected chi connectivity index (χ4v) is 3.35. The molecule has 1 N–H and O–H groups in total. The number of ether oxygens (including phenoxy) is 1. The van der Waals surface area contributed by atoms with Crippen LogP contribution in [-0.4, -0.2) is 13.0 Å². The van der Waals surface area contributed by atoms with Gasteiger partial charge in [-0.15, -0.1) is 0 Å². The summed E-state index contributed by atoms with van der Waals surface area (Å²) in [6.07, 6.45) is 8.12. The van der Waals surface area contributed by atoms with Gasteiger partial charge in [-0.25, -0.2) is 0 Å². The second-order valence-electron chi connectivity index (χ2n) is 6.31. The average Bonchev–Trinajstić information content (AvgIpc) is 2.58. The van der Waals surface area contributed by atoms with Crippen molar-refractivity contribution < 1.29 is 52.4 Å². The molecular weight excluding hydrogens is 375 g/mol. The fraction of sp³-hybridized carbons (Fsp3) is 0.400. The first-order chi connectivity index (χ1) is 12.4. The molecule has 0 aliphatic carbocycles. The normalized spacial score (nSPS) is 11.0. The largest absolute Gasteiger partial charge is 1.00 e. The standard InChI is InChI=1S/C20H26O5S.Na/c1-2-3-4-5-6-7-10-16-11-8-9-12-19(16)25-17-13-14-20(18(21)15-17)26(22,23)24;/h8-9,11-15,21H,2-7,10H2,1H3,(H,22,23,24);/q;+1/p-1. The van der Waals surface area contributed by atoms with Crippen LogP contribution < -0.4 is 39.4 Å². The molecule has 2 aromatic carbocycles. The van der Waals surface area contributed by atoms with Crippen LogP contribution in [0.25, 0.3) is 0 Å². The van der Waals surface area contributed by atoms with Gasteiger partial charge in [0.15, 0.2) is 0 Å². The molecule has 142 valence electrons. The van der Waals surface area contributed by atoms with E-state index in [1.165, 1.54) is 38.2 Å². The van der Waals surface area contributed by atoms with E-state index >= 15 is 0 Å². The summed E-state index contributed by atoms with van der Waals surface area (Å²) in [4.78, 5) is -0.648. The Kier molecular flexibility index (Phi) is 10.4. The molecule has 0 aliphatic heterocycles. The van der Waals surface area contributed by atoms with Crippen LogP contribution >= 0.6 is 0 Å². The summed E-state index contributed by atoms with van der Waals surface area (Å²) in [6.45, 7) is 2.20. The third-order valence-corrected chi connectivity index (χ3v) is 5.09. The monoisotopic (exact) mass is 400 g/mol. The van der Waals surface area contributed by atoms with Crippen LogP contribution in [0, 0.1) is 0 Å². The maximum Gasteiger partial charge on any atom is 1.00 e. The Morgan fingerprint density at radius 3 is 2.33 bits per heavy atom. The predicted octanol–water partition coefficient (Wildman–Crippen LogP) is 1.71. The summed E-state index contributed by atoms with van der Waals surface area (Å²) in [5.74, 6) is 0.108. The quantitative estimate of drug-likeness (QED) is 0.373. The van der Waals surface area contributed by atoms with Crippen molar-refractivity contribution in [1.29, 1.82) is 0 Å². The Labute approximate surface area is 183 Å². The van der Waals surface area contributed by atoms with Gasteiger partial charge in [0.25, 0.3) is 10.1 Å². The van der Waals surface area contributed by atoms with Crippen LogP contribution in [0.3, 0.4) is 0 Å². The molecule has 5 nitrogen and oxygen atoms in total. The molecule has 0 heterocycles. The number of hydrogen-bond donors (Lipinski definition) is 1. The van der Waals surface area contributed by atoms with Gasteiger partial charge in [0.1, 0.15) is 11.5 Å². The van der Waals surface area contributed by atoms with E-state index < -0.39 is 20.8 Å². The maximum atomic E-state index is 11.8. The molecular formula is C20H25NaO5S. The molecule has 2 aromatic rings. The Morgan fingerprint density at radius 2 is 1.67 bits per heavy atom. The number of unbranched alkanes of at least 4 members (excludes halogenated alkanes) is 5. The van der Waals surface area contributed by atoms with Crippen molar-refractivity contribution in [3.8, 4) is 17.2 Å². The third-order valence-electron chi connectivity index (χ3n) is 4.19. The summed E-state index contributed by atoms with van der Waals surface area (Å²) < 4.78 is 37.0. The van der Waals surface area contributed by atoms with Gasteiger partial charge in [-0.2, -0.15) is 8.42 Å². The Bertz CT molecular complexity index is 821. The van der Waals surface area contributed by atoms with E-state index in [9.17, 15) is 13.5 Å². The molecule has 0 saturated heterocycles. The van der Waals surface area contributed by atoms with Crippen molar-refractivity contribution >= 4 is 10.1 Å². The van der Waals surface area contributed by atoms with E-state index in [0.717, 1.165) is 30.5 Å². The summed E-state index contributed by atoms with van der Waals surface area (Å²) in [7, 11) is -4.52. The van der Waals surface area contributed by atoms with E-state index in [1.54, 1.807) is 0 Å². The number of rotatable bonds is 10. The van der Waals surface area contributed by atoms with Gasteiger partial charge in [0.2, 0.25) is 0 Å². The van der Waals surface area contributed by atoms with Gasteiger partial charge < -0.3 is 9.84 Å². The van der Waals surface area contributed by atoms with Crippen molar-refractivity contribution in [3.05, 3.63) is 48.0 Å². The second kappa shape index (κ2) is 11.7. The first kappa shape index (κ1) is 24.0. The molecule has 0 saturated carbocycles. The van der Waals surface area contributed by atoms with E-state index in [0.29, 0.717) is 5.75 Å². The minimum atomic E-state index is -4.52. The van der Waals surface area contributed by atoms with Crippen molar-refractivity contribution in [2.24, 2.45) is 0 Å². The van der Waals surface area contributed by atoms with Gasteiger partial charge in [-0.3, -0.25) is 4.55 Å². The number of benzene rings is 2. The van der Waals surface area contributed by atoms with Crippen molar-refractivity contribution in [2.45, 2.75) is 56.8 Å². The van der Waals surface area contributed by atoms with Crippen molar-refractivity contribution in [3.63, 3.8) is 0 Å². The van der Waals surface area contributed by atoms with Crippen molar-refractivity contribution in [1.82, 2.24) is 0 Å². The molecule has 0 atom stereocenters. The topological polar surface area (TPSA) is 86.7 Å². The van der Waals surface area contributed by atoms with Crippen LogP contribution in [0.4, 0.5) is 0 Å². The van der Waals surface area contributed by atoms with Crippen molar-refractivity contribution in [2.75, 3.05) is 0 Å². The summed E-state index contributed by atoms with van der Waals surface area (Å²) in [6, 6.07) is 11.1. The van der Waals surface area contributed by atoms with E-state index in [-0.39, 0.29) is 35.3 Å². The summed E-state index contributed by atoms with van der Waals surface area (Å²) in [5, 5.41) is 11.8. The summed E-state index contributed by atoms with van der Waals surface area (Å²) in [5.41, 5.74) is 1.05. The van der Waals surface area contributed by atoms with E-state index in [4.69, 9.17) is 9.29 Å². The predicted molar refractivity (Wildman–Crippen MR) is 99.3 cm³/mol. The molecule has 0 fully saturated rings. The maximum absolute atomic E-state index is 11.8. The average molecular weight is 400 g/mol. The van der Waals surface area contributed by atoms with E-state index in [2.05, 4.69) is 6.92 Å². The van der Waals surface area contributed by atoms with Crippen LogP contribution in [0.1, 0.15) is 51.0 Å². The van der Waals surface area contributed by atoms with Gasteiger partial charge in [-0.1, -0.05) is 63.0 Å². The Hall–Kier alpha value is -1.05. The van der Waals surface area contributed by atoms with Gasteiger partial charge in [0.05, 0.1) is 4.90 Å². The molecule has 7 heteroatoms. The minimum absolute atomic E-state index is 0. The first-order valence-electron chi connectivity index (χ1n) is 8.96. The number of aryl methyl sites for hydroxylation is 1. The zero-order chi connectivity index (χ0) is 19.0. The van der Waals surface area contributed by atoms with E-state index in [1.807, 2.05) is 24.3 Å². The van der Waals surface area contributed by atoms with Crippen LogP contribution in [0.2, 0.25) is 0 Å².